The Bertz CT molecular complexity index is 142. The van der Waals surface area contributed by atoms with E-state index >= 15 is 0 Å². The summed E-state index contributed by atoms with van der Waals surface area (Å²) in [5.74, 6) is -0.484. The molecule has 11 heavy (non-hydrogen) atoms. The second kappa shape index (κ2) is 3.67. The molecular formula is C7H14FNO2. The summed E-state index contributed by atoms with van der Waals surface area (Å²) < 4.78 is 17.3. The molecule has 0 aromatic heterocycles. The van der Waals surface area contributed by atoms with Gasteiger partial charge in [-0.25, -0.2) is 4.39 Å². The van der Waals surface area contributed by atoms with Crippen molar-refractivity contribution in [3.05, 3.63) is 0 Å². The van der Waals surface area contributed by atoms with Gasteiger partial charge in [-0.15, -0.1) is 0 Å². The average Bonchev–Trinajstić information content (AvgIpc) is 1.53. The van der Waals surface area contributed by atoms with Gasteiger partial charge in [0.05, 0.1) is 0 Å². The highest BCUT2D eigenvalue weighted by Gasteiger charge is 2.21. The van der Waals surface area contributed by atoms with Crippen molar-refractivity contribution in [3.63, 3.8) is 0 Å². The Kier molecular flexibility index (Phi) is 3.45. The van der Waals surface area contributed by atoms with Crippen LogP contribution in [-0.4, -0.2) is 17.9 Å². The molecule has 1 unspecified atom stereocenters. The van der Waals surface area contributed by atoms with E-state index in [9.17, 15) is 9.18 Å². The Morgan fingerprint density at radius 1 is 1.73 bits per heavy atom. The molecule has 0 spiro atoms. The van der Waals surface area contributed by atoms with Gasteiger partial charge < -0.3 is 4.74 Å². The number of carbonyl (C=O) groups is 1. The van der Waals surface area contributed by atoms with E-state index in [0.717, 1.165) is 0 Å². The lowest BCUT2D eigenvalue weighted by molar-refractivity contribution is -0.147. The summed E-state index contributed by atoms with van der Waals surface area (Å²) in [5.41, 5.74) is 3.88. The molecule has 0 radical (unpaired) electrons. The summed E-state index contributed by atoms with van der Waals surface area (Å²) in [6.45, 7) is 4.01. The minimum Gasteiger partial charge on any atom is -0.447 e. The predicted molar refractivity (Wildman–Crippen MR) is 39.5 cm³/mol. The SMILES string of the molecule is CC(=O)OC(N)CC(C)(C)F. The summed E-state index contributed by atoms with van der Waals surface area (Å²) >= 11 is 0. The number of esters is 1. The van der Waals surface area contributed by atoms with Gasteiger partial charge in [-0.1, -0.05) is 0 Å². The highest BCUT2D eigenvalue weighted by atomic mass is 19.1. The monoisotopic (exact) mass is 163 g/mol. The van der Waals surface area contributed by atoms with Gasteiger partial charge in [0.1, 0.15) is 5.67 Å². The minimum atomic E-state index is -1.39. The first-order valence-corrected chi connectivity index (χ1v) is 3.43. The van der Waals surface area contributed by atoms with Crippen LogP contribution in [0.3, 0.4) is 0 Å². The molecule has 0 amide bonds. The van der Waals surface area contributed by atoms with Crippen molar-refractivity contribution in [1.82, 2.24) is 0 Å². The molecule has 3 nitrogen and oxygen atoms in total. The van der Waals surface area contributed by atoms with Gasteiger partial charge in [0.2, 0.25) is 0 Å². The second-order valence-corrected chi connectivity index (χ2v) is 3.07. The number of ether oxygens (including phenoxy) is 1. The van der Waals surface area contributed by atoms with Crippen molar-refractivity contribution < 1.29 is 13.9 Å². The molecule has 0 heterocycles. The zero-order chi connectivity index (χ0) is 9.07. The average molecular weight is 163 g/mol. The van der Waals surface area contributed by atoms with Crippen molar-refractivity contribution in [2.24, 2.45) is 5.73 Å². The Labute approximate surface area is 65.7 Å². The molecule has 0 aliphatic carbocycles. The largest absolute Gasteiger partial charge is 0.447 e. The van der Waals surface area contributed by atoms with Gasteiger partial charge in [-0.2, -0.15) is 0 Å². The van der Waals surface area contributed by atoms with Crippen LogP contribution in [-0.2, 0) is 9.53 Å². The molecular weight excluding hydrogens is 149 g/mol. The molecule has 0 aromatic rings. The first kappa shape index (κ1) is 10.4. The third-order valence-corrected chi connectivity index (χ3v) is 1.00. The fourth-order valence-electron chi connectivity index (χ4n) is 0.733. The molecule has 0 fully saturated rings. The van der Waals surface area contributed by atoms with E-state index in [-0.39, 0.29) is 6.42 Å². The van der Waals surface area contributed by atoms with Crippen LogP contribution in [0.2, 0.25) is 0 Å². The van der Waals surface area contributed by atoms with Crippen molar-refractivity contribution in [3.8, 4) is 0 Å². The Morgan fingerprint density at radius 2 is 2.18 bits per heavy atom. The Morgan fingerprint density at radius 3 is 2.45 bits per heavy atom. The van der Waals surface area contributed by atoms with E-state index < -0.39 is 17.9 Å². The molecule has 0 aliphatic heterocycles. The molecule has 0 rings (SSSR count). The van der Waals surface area contributed by atoms with Gasteiger partial charge in [0, 0.05) is 13.3 Å². The number of rotatable bonds is 3. The molecule has 0 saturated heterocycles. The van der Waals surface area contributed by atoms with Gasteiger partial charge in [0.25, 0.3) is 0 Å². The number of hydrogen-bond donors (Lipinski definition) is 1. The summed E-state index contributed by atoms with van der Waals surface area (Å²) in [6.07, 6.45) is -0.820. The van der Waals surface area contributed by atoms with E-state index in [4.69, 9.17) is 5.73 Å². The summed E-state index contributed by atoms with van der Waals surface area (Å²) in [6, 6.07) is 0. The van der Waals surface area contributed by atoms with Crippen molar-refractivity contribution in [1.29, 1.82) is 0 Å². The number of alkyl halides is 1. The molecule has 4 heteroatoms. The standard InChI is InChI=1S/C7H14FNO2/c1-5(10)11-6(9)4-7(2,3)8/h6H,4,9H2,1-3H3. The number of halogens is 1. The van der Waals surface area contributed by atoms with E-state index in [1.165, 1.54) is 20.8 Å². The maximum absolute atomic E-state index is 12.8. The van der Waals surface area contributed by atoms with Crippen LogP contribution in [0.1, 0.15) is 27.2 Å². The topological polar surface area (TPSA) is 52.3 Å². The zero-order valence-electron chi connectivity index (χ0n) is 7.06. The van der Waals surface area contributed by atoms with Crippen LogP contribution in [0.15, 0.2) is 0 Å². The van der Waals surface area contributed by atoms with Gasteiger partial charge in [-0.05, 0) is 13.8 Å². The van der Waals surface area contributed by atoms with Gasteiger partial charge in [-0.3, -0.25) is 10.5 Å². The highest BCUT2D eigenvalue weighted by molar-refractivity contribution is 5.66. The normalized spacial score (nSPS) is 14.3. The number of nitrogens with two attached hydrogens (primary N) is 1. The molecule has 2 N–H and O–H groups in total. The summed E-state index contributed by atoms with van der Waals surface area (Å²) in [7, 11) is 0. The molecule has 0 saturated carbocycles. The molecule has 1 atom stereocenters. The molecule has 0 bridgehead atoms. The summed E-state index contributed by atoms with van der Waals surface area (Å²) in [4.78, 5) is 10.3. The van der Waals surface area contributed by atoms with Crippen molar-refractivity contribution in [2.45, 2.75) is 39.1 Å². The van der Waals surface area contributed by atoms with Crippen LogP contribution in [0, 0.1) is 0 Å². The lowest BCUT2D eigenvalue weighted by Crippen LogP contribution is -2.32. The first-order valence-electron chi connectivity index (χ1n) is 3.43. The predicted octanol–water partition coefficient (Wildman–Crippen LogP) is 0.972. The number of carbonyl (C=O) groups excluding carboxylic acids is 1. The fraction of sp³-hybridized carbons (Fsp3) is 0.857. The highest BCUT2D eigenvalue weighted by Crippen LogP contribution is 2.15. The van der Waals surface area contributed by atoms with Crippen LogP contribution >= 0.6 is 0 Å². The van der Waals surface area contributed by atoms with E-state index in [2.05, 4.69) is 4.74 Å². The molecule has 0 aromatic carbocycles. The third-order valence-electron chi connectivity index (χ3n) is 1.00. The Balaban J connectivity index is 3.69. The fourth-order valence-corrected chi connectivity index (χ4v) is 0.733. The van der Waals surface area contributed by atoms with Crippen molar-refractivity contribution in [2.75, 3.05) is 0 Å². The van der Waals surface area contributed by atoms with Crippen LogP contribution in [0.5, 0.6) is 0 Å². The third kappa shape index (κ3) is 7.25. The smallest absolute Gasteiger partial charge is 0.304 e. The molecule has 66 valence electrons. The van der Waals surface area contributed by atoms with Crippen LogP contribution < -0.4 is 5.73 Å². The minimum absolute atomic E-state index is 0.0204. The van der Waals surface area contributed by atoms with Crippen LogP contribution in [0.4, 0.5) is 4.39 Å². The van der Waals surface area contributed by atoms with Gasteiger partial charge >= 0.3 is 5.97 Å². The lowest BCUT2D eigenvalue weighted by atomic mass is 10.1. The maximum Gasteiger partial charge on any atom is 0.304 e. The quantitative estimate of drug-likeness (QED) is 0.498. The maximum atomic E-state index is 12.8. The van der Waals surface area contributed by atoms with Crippen molar-refractivity contribution >= 4 is 5.97 Å². The Hall–Kier alpha value is -0.640. The zero-order valence-corrected chi connectivity index (χ0v) is 7.06. The second-order valence-electron chi connectivity index (χ2n) is 3.07. The van der Waals surface area contributed by atoms with E-state index in [0.29, 0.717) is 0 Å². The van der Waals surface area contributed by atoms with E-state index in [1.54, 1.807) is 0 Å². The molecule has 0 aliphatic rings. The lowest BCUT2D eigenvalue weighted by Gasteiger charge is -2.18. The summed E-state index contributed by atoms with van der Waals surface area (Å²) in [5, 5.41) is 0. The first-order chi connectivity index (χ1) is 4.81. The number of hydrogen-bond acceptors (Lipinski definition) is 3. The van der Waals surface area contributed by atoms with Crippen LogP contribution in [0.25, 0.3) is 0 Å². The van der Waals surface area contributed by atoms with Gasteiger partial charge in [0.15, 0.2) is 6.23 Å². The van der Waals surface area contributed by atoms with E-state index in [1.807, 2.05) is 0 Å².